The van der Waals surface area contributed by atoms with E-state index in [0.717, 1.165) is 29.7 Å². The van der Waals surface area contributed by atoms with Crippen molar-refractivity contribution in [3.05, 3.63) is 53.6 Å². The third kappa shape index (κ3) is 2.46. The average molecular weight is 324 g/mol. The molecular weight excluding hydrogens is 304 g/mol. The van der Waals surface area contributed by atoms with Crippen LogP contribution in [0.1, 0.15) is 34.9 Å². The third-order valence-corrected chi connectivity index (χ3v) is 4.59. The van der Waals surface area contributed by atoms with Gasteiger partial charge in [0.05, 0.1) is 19.8 Å². The summed E-state index contributed by atoms with van der Waals surface area (Å²) in [6.07, 6.45) is 1.88. The van der Waals surface area contributed by atoms with Crippen LogP contribution in [0.2, 0.25) is 0 Å². The molecule has 0 bridgehead atoms. The predicted octanol–water partition coefficient (Wildman–Crippen LogP) is 3.43. The second-order valence-corrected chi connectivity index (χ2v) is 6.18. The van der Waals surface area contributed by atoms with Crippen LogP contribution in [0.4, 0.5) is 5.69 Å². The van der Waals surface area contributed by atoms with Gasteiger partial charge in [-0.15, -0.1) is 0 Å². The molecule has 1 heterocycles. The van der Waals surface area contributed by atoms with E-state index in [0.29, 0.717) is 17.5 Å². The normalized spacial score (nSPS) is 19.5. The smallest absolute Gasteiger partial charge is 0.258 e. The largest absolute Gasteiger partial charge is 0.497 e. The first-order chi connectivity index (χ1) is 11.7. The van der Waals surface area contributed by atoms with Gasteiger partial charge in [-0.25, -0.2) is 0 Å². The van der Waals surface area contributed by atoms with Crippen LogP contribution in [0.5, 0.6) is 11.5 Å². The minimum atomic E-state index is -0.219. The fourth-order valence-corrected chi connectivity index (χ4v) is 3.23. The molecule has 5 heteroatoms. The fraction of sp³-hybridized carbons (Fsp3) is 0.316. The van der Waals surface area contributed by atoms with Gasteiger partial charge < -0.3 is 19.7 Å². The molecule has 0 spiro atoms. The van der Waals surface area contributed by atoms with Gasteiger partial charge in [-0.3, -0.25) is 4.79 Å². The van der Waals surface area contributed by atoms with E-state index in [-0.39, 0.29) is 12.1 Å². The van der Waals surface area contributed by atoms with E-state index in [2.05, 4.69) is 5.32 Å². The van der Waals surface area contributed by atoms with E-state index in [4.69, 9.17) is 9.47 Å². The van der Waals surface area contributed by atoms with E-state index in [1.807, 2.05) is 47.4 Å². The summed E-state index contributed by atoms with van der Waals surface area (Å²) in [7, 11) is 3.26. The number of amides is 1. The number of nitrogens with one attached hydrogen (secondary N) is 1. The van der Waals surface area contributed by atoms with Crippen LogP contribution in [0.15, 0.2) is 42.5 Å². The number of carbonyl (C=O) groups excluding carboxylic acids is 1. The number of anilines is 1. The maximum absolute atomic E-state index is 13.0. The summed E-state index contributed by atoms with van der Waals surface area (Å²) in [5, 5.41) is 3.51. The van der Waals surface area contributed by atoms with Crippen LogP contribution in [-0.4, -0.2) is 31.1 Å². The Labute approximate surface area is 141 Å². The predicted molar refractivity (Wildman–Crippen MR) is 91.5 cm³/mol. The molecule has 4 rings (SSSR count). The molecule has 24 heavy (non-hydrogen) atoms. The summed E-state index contributed by atoms with van der Waals surface area (Å²) in [5.41, 5.74) is 2.56. The summed E-state index contributed by atoms with van der Waals surface area (Å²) in [4.78, 5) is 15.0. The zero-order valence-electron chi connectivity index (χ0n) is 13.8. The van der Waals surface area contributed by atoms with Gasteiger partial charge in [0.15, 0.2) is 0 Å². The van der Waals surface area contributed by atoms with Crippen LogP contribution in [0.25, 0.3) is 0 Å². The molecule has 1 aliphatic carbocycles. The monoisotopic (exact) mass is 324 g/mol. The lowest BCUT2D eigenvalue weighted by Crippen LogP contribution is -2.44. The lowest BCUT2D eigenvalue weighted by Gasteiger charge is -2.38. The van der Waals surface area contributed by atoms with E-state index in [1.54, 1.807) is 14.2 Å². The molecule has 1 saturated carbocycles. The van der Waals surface area contributed by atoms with Crippen molar-refractivity contribution in [3.8, 4) is 11.5 Å². The summed E-state index contributed by atoms with van der Waals surface area (Å²) in [6, 6.07) is 13.7. The Kier molecular flexibility index (Phi) is 3.56. The number of methoxy groups -OCH3 is 2. The van der Waals surface area contributed by atoms with Crippen LogP contribution < -0.4 is 14.8 Å². The van der Waals surface area contributed by atoms with Crippen molar-refractivity contribution in [2.24, 2.45) is 0 Å². The molecule has 2 aromatic rings. The number of rotatable bonds is 4. The zero-order valence-corrected chi connectivity index (χ0v) is 13.8. The Morgan fingerprint density at radius 3 is 2.33 bits per heavy atom. The molecule has 1 fully saturated rings. The standard InChI is InChI=1S/C19H20N2O3/c1-23-14-9-12(10-15(11-14)24-2)18-20-17-6-4-3-5-16(17)19(22)21(18)13-7-8-13/h3-6,9-11,13,18,20H,7-8H2,1-2H3/t18-/m0/s1. The number of hydrogen-bond donors (Lipinski definition) is 1. The Morgan fingerprint density at radius 1 is 1.04 bits per heavy atom. The SMILES string of the molecule is COc1cc(OC)cc([C@H]2Nc3ccccc3C(=O)N2C2CC2)c1. The molecule has 0 saturated heterocycles. The van der Waals surface area contributed by atoms with Crippen LogP contribution >= 0.6 is 0 Å². The van der Waals surface area contributed by atoms with Gasteiger partial charge in [0.25, 0.3) is 5.91 Å². The Morgan fingerprint density at radius 2 is 1.71 bits per heavy atom. The second-order valence-electron chi connectivity index (χ2n) is 6.18. The van der Waals surface area contributed by atoms with E-state index in [9.17, 15) is 4.79 Å². The highest BCUT2D eigenvalue weighted by atomic mass is 16.5. The number of benzene rings is 2. The van der Waals surface area contributed by atoms with Crippen LogP contribution in [0.3, 0.4) is 0 Å². The first-order valence-corrected chi connectivity index (χ1v) is 8.12. The number of fused-ring (bicyclic) bond motifs is 1. The highest BCUT2D eigenvalue weighted by Gasteiger charge is 2.42. The van der Waals surface area contributed by atoms with Crippen molar-refractivity contribution < 1.29 is 14.3 Å². The van der Waals surface area contributed by atoms with Crippen molar-refractivity contribution in [3.63, 3.8) is 0 Å². The van der Waals surface area contributed by atoms with Crippen molar-refractivity contribution in [1.29, 1.82) is 0 Å². The van der Waals surface area contributed by atoms with Gasteiger partial charge in [0.2, 0.25) is 0 Å². The molecule has 1 aliphatic heterocycles. The highest BCUT2D eigenvalue weighted by molar-refractivity contribution is 6.02. The fourth-order valence-electron chi connectivity index (χ4n) is 3.23. The maximum atomic E-state index is 13.0. The van der Waals surface area contributed by atoms with Gasteiger partial charge in [0.1, 0.15) is 17.7 Å². The molecule has 1 N–H and O–H groups in total. The van der Waals surface area contributed by atoms with Crippen molar-refractivity contribution in [1.82, 2.24) is 4.90 Å². The molecule has 0 radical (unpaired) electrons. The molecule has 1 atom stereocenters. The molecule has 2 aromatic carbocycles. The van der Waals surface area contributed by atoms with Gasteiger partial charge in [-0.2, -0.15) is 0 Å². The first-order valence-electron chi connectivity index (χ1n) is 8.12. The van der Waals surface area contributed by atoms with Gasteiger partial charge in [-0.05, 0) is 37.1 Å². The van der Waals surface area contributed by atoms with E-state index >= 15 is 0 Å². The Bertz CT molecular complexity index is 764. The number of para-hydroxylation sites is 1. The van der Waals surface area contributed by atoms with Gasteiger partial charge in [-0.1, -0.05) is 12.1 Å². The molecule has 2 aliphatic rings. The lowest BCUT2D eigenvalue weighted by atomic mass is 10.0. The van der Waals surface area contributed by atoms with Crippen LogP contribution in [-0.2, 0) is 0 Å². The van der Waals surface area contributed by atoms with Gasteiger partial charge >= 0.3 is 0 Å². The third-order valence-electron chi connectivity index (χ3n) is 4.59. The Hall–Kier alpha value is -2.69. The van der Waals surface area contributed by atoms with Crippen molar-refractivity contribution >= 4 is 11.6 Å². The van der Waals surface area contributed by atoms with Crippen LogP contribution in [0, 0.1) is 0 Å². The number of hydrogen-bond acceptors (Lipinski definition) is 4. The minimum Gasteiger partial charge on any atom is -0.497 e. The quantitative estimate of drug-likeness (QED) is 0.936. The average Bonchev–Trinajstić information content (AvgIpc) is 3.46. The minimum absolute atomic E-state index is 0.0821. The number of ether oxygens (including phenoxy) is 2. The molecule has 0 aromatic heterocycles. The van der Waals surface area contributed by atoms with E-state index in [1.165, 1.54) is 0 Å². The first kappa shape index (κ1) is 14.9. The molecule has 0 unspecified atom stereocenters. The van der Waals surface area contributed by atoms with Crippen molar-refractivity contribution in [2.45, 2.75) is 25.0 Å². The second kappa shape index (κ2) is 5.74. The molecule has 124 valence electrons. The van der Waals surface area contributed by atoms with Gasteiger partial charge in [0, 0.05) is 23.4 Å². The number of carbonyl (C=O) groups is 1. The van der Waals surface area contributed by atoms with Crippen molar-refractivity contribution in [2.75, 3.05) is 19.5 Å². The highest BCUT2D eigenvalue weighted by Crippen LogP contribution is 2.42. The lowest BCUT2D eigenvalue weighted by molar-refractivity contribution is 0.0666. The Balaban J connectivity index is 1.80. The number of nitrogens with zero attached hydrogens (tertiary/aromatic N) is 1. The molecule has 1 amide bonds. The maximum Gasteiger partial charge on any atom is 0.258 e. The zero-order chi connectivity index (χ0) is 16.7. The molecule has 5 nitrogen and oxygen atoms in total. The summed E-state index contributed by atoms with van der Waals surface area (Å²) < 4.78 is 10.8. The summed E-state index contributed by atoms with van der Waals surface area (Å²) >= 11 is 0. The summed E-state index contributed by atoms with van der Waals surface area (Å²) in [6.45, 7) is 0. The summed E-state index contributed by atoms with van der Waals surface area (Å²) in [5.74, 6) is 1.51. The topological polar surface area (TPSA) is 50.8 Å². The molecular formula is C19H20N2O3. The van der Waals surface area contributed by atoms with E-state index < -0.39 is 0 Å².